The SMILES string of the molecule is COc1ccccc1C(=O)N1CCN(c2ncnc3c(-c4ccc(F)cc4)nsc23)CC1. The number of rotatable bonds is 4. The van der Waals surface area contributed by atoms with Gasteiger partial charge in [-0.2, -0.15) is 4.37 Å². The maximum Gasteiger partial charge on any atom is 0.257 e. The van der Waals surface area contributed by atoms with Crippen LogP contribution in [0.2, 0.25) is 0 Å². The Hall–Kier alpha value is -3.59. The lowest BCUT2D eigenvalue weighted by atomic mass is 10.1. The Kier molecular flexibility index (Phi) is 5.40. The number of para-hydroxylation sites is 1. The van der Waals surface area contributed by atoms with E-state index in [-0.39, 0.29) is 11.7 Å². The predicted octanol–water partition coefficient (Wildman–Crippen LogP) is 3.86. The fourth-order valence-corrected chi connectivity index (χ4v) is 4.76. The van der Waals surface area contributed by atoms with Crippen molar-refractivity contribution in [3.63, 3.8) is 0 Å². The average Bonchev–Trinajstić information content (AvgIpc) is 3.28. The summed E-state index contributed by atoms with van der Waals surface area (Å²) in [6.45, 7) is 2.45. The van der Waals surface area contributed by atoms with Crippen LogP contribution in [0.15, 0.2) is 54.9 Å². The van der Waals surface area contributed by atoms with Crippen LogP contribution in [0.5, 0.6) is 5.75 Å². The summed E-state index contributed by atoms with van der Waals surface area (Å²) in [4.78, 5) is 25.9. The van der Waals surface area contributed by atoms with Gasteiger partial charge in [-0.3, -0.25) is 4.79 Å². The van der Waals surface area contributed by atoms with E-state index in [1.54, 1.807) is 31.4 Å². The number of benzene rings is 2. The third kappa shape index (κ3) is 3.64. The summed E-state index contributed by atoms with van der Waals surface area (Å²) < 4.78 is 24.1. The maximum absolute atomic E-state index is 13.3. The van der Waals surface area contributed by atoms with Crippen molar-refractivity contribution in [2.24, 2.45) is 0 Å². The van der Waals surface area contributed by atoms with Gasteiger partial charge in [0.25, 0.3) is 5.91 Å². The topological polar surface area (TPSA) is 71.5 Å². The molecule has 1 aliphatic rings. The number of piperazine rings is 1. The van der Waals surface area contributed by atoms with Crippen molar-refractivity contribution >= 4 is 33.5 Å². The number of halogens is 1. The number of anilines is 1. The molecule has 0 radical (unpaired) electrons. The van der Waals surface area contributed by atoms with E-state index in [1.165, 1.54) is 30.0 Å². The lowest BCUT2D eigenvalue weighted by Gasteiger charge is -2.35. The van der Waals surface area contributed by atoms with Crippen molar-refractivity contribution in [2.75, 3.05) is 38.2 Å². The summed E-state index contributed by atoms with van der Waals surface area (Å²) in [5.41, 5.74) is 2.85. The zero-order valence-corrected chi connectivity index (χ0v) is 18.2. The minimum absolute atomic E-state index is 0.0358. The summed E-state index contributed by atoms with van der Waals surface area (Å²) in [7, 11) is 1.57. The third-order valence-electron chi connectivity index (χ3n) is 5.56. The highest BCUT2D eigenvalue weighted by Gasteiger charge is 2.26. The number of fused-ring (bicyclic) bond motifs is 1. The molecule has 32 heavy (non-hydrogen) atoms. The van der Waals surface area contributed by atoms with Crippen LogP contribution in [0.25, 0.3) is 21.5 Å². The van der Waals surface area contributed by atoms with Gasteiger partial charge in [0.05, 0.1) is 12.7 Å². The van der Waals surface area contributed by atoms with Crippen LogP contribution in [0.3, 0.4) is 0 Å². The van der Waals surface area contributed by atoms with Crippen molar-refractivity contribution < 1.29 is 13.9 Å². The molecule has 1 saturated heterocycles. The number of amides is 1. The van der Waals surface area contributed by atoms with Crippen molar-refractivity contribution in [3.8, 4) is 17.0 Å². The normalized spacial score (nSPS) is 14.1. The van der Waals surface area contributed by atoms with Crippen molar-refractivity contribution in [3.05, 3.63) is 66.2 Å². The molecule has 0 spiro atoms. The molecule has 9 heteroatoms. The van der Waals surface area contributed by atoms with Crippen molar-refractivity contribution in [1.82, 2.24) is 19.2 Å². The maximum atomic E-state index is 13.3. The van der Waals surface area contributed by atoms with Crippen LogP contribution in [-0.2, 0) is 0 Å². The zero-order valence-electron chi connectivity index (χ0n) is 17.4. The Balaban J connectivity index is 1.36. The molecule has 0 atom stereocenters. The van der Waals surface area contributed by atoms with E-state index in [1.807, 2.05) is 17.0 Å². The summed E-state index contributed by atoms with van der Waals surface area (Å²) in [6.07, 6.45) is 1.53. The molecule has 5 rings (SSSR count). The highest BCUT2D eigenvalue weighted by atomic mass is 32.1. The second-order valence-electron chi connectivity index (χ2n) is 7.39. The second-order valence-corrected chi connectivity index (χ2v) is 8.17. The molecular weight excluding hydrogens is 429 g/mol. The Labute approximate surface area is 188 Å². The van der Waals surface area contributed by atoms with Crippen LogP contribution in [0.4, 0.5) is 10.2 Å². The molecule has 1 aliphatic heterocycles. The number of hydrogen-bond acceptors (Lipinski definition) is 7. The monoisotopic (exact) mass is 449 g/mol. The first-order valence-electron chi connectivity index (χ1n) is 10.2. The molecule has 0 aliphatic carbocycles. The van der Waals surface area contributed by atoms with Gasteiger partial charge in [0.1, 0.15) is 33.8 Å². The highest BCUT2D eigenvalue weighted by molar-refractivity contribution is 7.14. The quantitative estimate of drug-likeness (QED) is 0.471. The van der Waals surface area contributed by atoms with Crippen molar-refractivity contribution in [1.29, 1.82) is 0 Å². The van der Waals surface area contributed by atoms with Gasteiger partial charge in [-0.1, -0.05) is 12.1 Å². The molecule has 2 aromatic carbocycles. The van der Waals surface area contributed by atoms with Crippen LogP contribution >= 0.6 is 11.5 Å². The first-order chi connectivity index (χ1) is 15.7. The van der Waals surface area contributed by atoms with E-state index < -0.39 is 0 Å². The predicted molar refractivity (Wildman–Crippen MR) is 122 cm³/mol. The minimum Gasteiger partial charge on any atom is -0.496 e. The number of hydrogen-bond donors (Lipinski definition) is 0. The van der Waals surface area contributed by atoms with E-state index in [9.17, 15) is 9.18 Å². The van der Waals surface area contributed by atoms with E-state index in [0.29, 0.717) is 37.5 Å². The molecule has 0 bridgehead atoms. The molecule has 0 N–H and O–H groups in total. The molecule has 0 saturated carbocycles. The molecule has 2 aromatic heterocycles. The van der Waals surface area contributed by atoms with Gasteiger partial charge >= 0.3 is 0 Å². The fourth-order valence-electron chi connectivity index (χ4n) is 3.89. The van der Waals surface area contributed by atoms with Gasteiger partial charge in [0.2, 0.25) is 0 Å². The Bertz CT molecular complexity index is 1270. The molecule has 3 heterocycles. The average molecular weight is 450 g/mol. The smallest absolute Gasteiger partial charge is 0.257 e. The van der Waals surface area contributed by atoms with E-state index in [2.05, 4.69) is 19.2 Å². The minimum atomic E-state index is -0.288. The van der Waals surface area contributed by atoms with Gasteiger partial charge in [-0.15, -0.1) is 0 Å². The lowest BCUT2D eigenvalue weighted by Crippen LogP contribution is -2.49. The third-order valence-corrected chi connectivity index (χ3v) is 6.39. The standard InChI is InChI=1S/C23H20FN5O2S/c1-31-18-5-3-2-4-17(18)23(30)29-12-10-28(11-13-29)22-21-20(25-14-26-22)19(27-32-21)15-6-8-16(24)9-7-15/h2-9,14H,10-13H2,1H3. The van der Waals surface area contributed by atoms with Crippen molar-refractivity contribution in [2.45, 2.75) is 0 Å². The Morgan fingerprint density at radius 2 is 1.78 bits per heavy atom. The van der Waals surface area contributed by atoms with Crippen LogP contribution in [-0.4, -0.2) is 58.4 Å². The van der Waals surface area contributed by atoms with Gasteiger partial charge in [0.15, 0.2) is 5.82 Å². The molecule has 7 nitrogen and oxygen atoms in total. The molecule has 0 unspecified atom stereocenters. The summed E-state index contributed by atoms with van der Waals surface area (Å²) in [5.74, 6) is 1.07. The first kappa shape index (κ1) is 20.3. The van der Waals surface area contributed by atoms with Gasteiger partial charge in [0, 0.05) is 31.7 Å². The molecule has 4 aromatic rings. The number of aromatic nitrogens is 3. The van der Waals surface area contributed by atoms with Gasteiger partial charge < -0.3 is 14.5 Å². The molecular formula is C23H20FN5O2S. The lowest BCUT2D eigenvalue weighted by molar-refractivity contribution is 0.0743. The summed E-state index contributed by atoms with van der Waals surface area (Å²) in [5, 5.41) is 0. The van der Waals surface area contributed by atoms with Crippen LogP contribution < -0.4 is 9.64 Å². The Morgan fingerprint density at radius 3 is 2.53 bits per heavy atom. The first-order valence-corrected chi connectivity index (χ1v) is 11.0. The van der Waals surface area contributed by atoms with E-state index in [0.717, 1.165) is 27.3 Å². The van der Waals surface area contributed by atoms with Gasteiger partial charge in [-0.05, 0) is 47.9 Å². The Morgan fingerprint density at radius 1 is 1.03 bits per heavy atom. The van der Waals surface area contributed by atoms with E-state index >= 15 is 0 Å². The number of carbonyl (C=O) groups is 1. The fraction of sp³-hybridized carbons (Fsp3) is 0.217. The zero-order chi connectivity index (χ0) is 22.1. The summed E-state index contributed by atoms with van der Waals surface area (Å²) in [6, 6.07) is 13.5. The number of methoxy groups -OCH3 is 1. The number of nitrogens with zero attached hydrogens (tertiary/aromatic N) is 5. The highest BCUT2D eigenvalue weighted by Crippen LogP contribution is 2.34. The molecule has 162 valence electrons. The number of ether oxygens (including phenoxy) is 1. The number of carbonyl (C=O) groups excluding carboxylic acids is 1. The molecule has 1 amide bonds. The second kappa shape index (κ2) is 8.51. The van der Waals surface area contributed by atoms with Gasteiger partial charge in [-0.25, -0.2) is 14.4 Å². The molecule has 1 fully saturated rings. The van der Waals surface area contributed by atoms with Crippen LogP contribution in [0, 0.1) is 5.82 Å². The van der Waals surface area contributed by atoms with Crippen LogP contribution in [0.1, 0.15) is 10.4 Å². The summed E-state index contributed by atoms with van der Waals surface area (Å²) >= 11 is 1.33. The van der Waals surface area contributed by atoms with E-state index in [4.69, 9.17) is 4.74 Å². The largest absolute Gasteiger partial charge is 0.496 e.